The molecule has 1 aliphatic rings. The summed E-state index contributed by atoms with van der Waals surface area (Å²) < 4.78 is 5.47. The normalized spacial score (nSPS) is 16.9. The molecule has 0 bridgehead atoms. The van der Waals surface area contributed by atoms with Crippen LogP contribution in [0.2, 0.25) is 0 Å². The van der Waals surface area contributed by atoms with E-state index in [1.807, 2.05) is 13.0 Å². The highest BCUT2D eigenvalue weighted by molar-refractivity contribution is 7.99. The molecule has 1 aliphatic heterocycles. The lowest BCUT2D eigenvalue weighted by molar-refractivity contribution is -0.144. The smallest absolute Gasteiger partial charge is 0.329 e. The van der Waals surface area contributed by atoms with Gasteiger partial charge in [0.2, 0.25) is 0 Å². The Labute approximate surface area is 136 Å². The van der Waals surface area contributed by atoms with Crippen LogP contribution >= 0.6 is 11.8 Å². The van der Waals surface area contributed by atoms with Crippen LogP contribution in [0.1, 0.15) is 29.1 Å². The summed E-state index contributed by atoms with van der Waals surface area (Å²) >= 11 is 1.69. The van der Waals surface area contributed by atoms with Crippen molar-refractivity contribution in [2.24, 2.45) is 0 Å². The molecule has 0 radical (unpaired) electrons. The van der Waals surface area contributed by atoms with Crippen molar-refractivity contribution in [3.8, 4) is 11.5 Å². The summed E-state index contributed by atoms with van der Waals surface area (Å²) in [7, 11) is 0. The average Bonchev–Trinajstić information content (AvgIpc) is 3.16. The quantitative estimate of drug-likeness (QED) is 0.789. The molecule has 8 heteroatoms. The second-order valence-corrected chi connectivity index (χ2v) is 6.76. The minimum absolute atomic E-state index is 0.146. The van der Waals surface area contributed by atoms with Crippen molar-refractivity contribution in [1.29, 1.82) is 0 Å². The number of aliphatic carboxylic acids is 1. The van der Waals surface area contributed by atoms with Crippen LogP contribution in [0.3, 0.4) is 0 Å². The first-order valence-corrected chi connectivity index (χ1v) is 8.41. The van der Waals surface area contributed by atoms with Gasteiger partial charge in [-0.25, -0.2) is 4.79 Å². The monoisotopic (exact) mass is 335 g/mol. The van der Waals surface area contributed by atoms with E-state index in [0.29, 0.717) is 35.8 Å². The van der Waals surface area contributed by atoms with Crippen molar-refractivity contribution in [1.82, 2.24) is 15.5 Å². The van der Waals surface area contributed by atoms with Gasteiger partial charge in [0.05, 0.1) is 0 Å². The number of amides is 1. The Kier molecular flexibility index (Phi) is 4.16. The highest BCUT2D eigenvalue weighted by atomic mass is 32.2. The number of aromatic amines is 1. The van der Waals surface area contributed by atoms with Crippen molar-refractivity contribution >= 4 is 23.6 Å². The van der Waals surface area contributed by atoms with Crippen LogP contribution in [-0.4, -0.2) is 44.2 Å². The van der Waals surface area contributed by atoms with E-state index in [4.69, 9.17) is 4.42 Å². The van der Waals surface area contributed by atoms with E-state index in [1.165, 1.54) is 0 Å². The first-order chi connectivity index (χ1) is 11.0. The molecule has 3 N–H and O–H groups in total. The summed E-state index contributed by atoms with van der Waals surface area (Å²) in [5.41, 5.74) is -0.484. The number of hydrogen-bond donors (Lipinski definition) is 3. The van der Waals surface area contributed by atoms with E-state index in [-0.39, 0.29) is 5.69 Å². The minimum Gasteiger partial charge on any atom is -0.480 e. The van der Waals surface area contributed by atoms with Gasteiger partial charge in [0.25, 0.3) is 5.91 Å². The number of rotatable bonds is 4. The molecule has 1 saturated heterocycles. The molecule has 122 valence electrons. The van der Waals surface area contributed by atoms with Gasteiger partial charge in [-0.05, 0) is 43.4 Å². The molecule has 7 nitrogen and oxygen atoms in total. The molecule has 0 saturated carbocycles. The van der Waals surface area contributed by atoms with Crippen molar-refractivity contribution in [3.05, 3.63) is 29.7 Å². The number of carboxylic acids is 1. The van der Waals surface area contributed by atoms with Crippen LogP contribution in [0.25, 0.3) is 11.5 Å². The van der Waals surface area contributed by atoms with Crippen LogP contribution < -0.4 is 5.32 Å². The predicted molar refractivity (Wildman–Crippen MR) is 85.4 cm³/mol. The van der Waals surface area contributed by atoms with Crippen LogP contribution in [0.5, 0.6) is 0 Å². The number of nitrogens with zero attached hydrogens (tertiary/aromatic N) is 1. The van der Waals surface area contributed by atoms with E-state index in [9.17, 15) is 14.7 Å². The minimum atomic E-state index is -1.21. The lowest BCUT2D eigenvalue weighted by Gasteiger charge is -2.33. The van der Waals surface area contributed by atoms with E-state index in [0.717, 1.165) is 5.76 Å². The van der Waals surface area contributed by atoms with Crippen molar-refractivity contribution < 1.29 is 19.1 Å². The topological polar surface area (TPSA) is 108 Å². The standard InChI is InChI=1S/C15H17N3O4S/c1-9-2-3-12(22-9)10-8-11(18-17-10)13(19)16-15(14(20)21)4-6-23-7-5-15/h2-3,8H,4-7H2,1H3,(H,16,19)(H,17,18)(H,20,21). The van der Waals surface area contributed by atoms with Crippen LogP contribution in [0.4, 0.5) is 0 Å². The van der Waals surface area contributed by atoms with Gasteiger partial charge in [-0.2, -0.15) is 16.9 Å². The van der Waals surface area contributed by atoms with Gasteiger partial charge in [0.1, 0.15) is 17.0 Å². The van der Waals surface area contributed by atoms with Crippen LogP contribution in [0, 0.1) is 6.92 Å². The zero-order valence-electron chi connectivity index (χ0n) is 12.6. The van der Waals surface area contributed by atoms with Crippen molar-refractivity contribution in [3.63, 3.8) is 0 Å². The third-order valence-electron chi connectivity index (χ3n) is 3.92. The summed E-state index contributed by atoms with van der Waals surface area (Å²) in [6.45, 7) is 1.82. The maximum absolute atomic E-state index is 12.4. The van der Waals surface area contributed by atoms with E-state index in [1.54, 1.807) is 23.9 Å². The van der Waals surface area contributed by atoms with Gasteiger partial charge in [0, 0.05) is 6.07 Å². The van der Waals surface area contributed by atoms with E-state index >= 15 is 0 Å². The van der Waals surface area contributed by atoms with Gasteiger partial charge >= 0.3 is 5.97 Å². The number of carbonyl (C=O) groups excluding carboxylic acids is 1. The molecular weight excluding hydrogens is 318 g/mol. The first kappa shape index (κ1) is 15.7. The number of carbonyl (C=O) groups is 2. The fraction of sp³-hybridized carbons (Fsp3) is 0.400. The molecule has 2 aromatic heterocycles. The van der Waals surface area contributed by atoms with Gasteiger partial charge in [0.15, 0.2) is 11.5 Å². The summed E-state index contributed by atoms with van der Waals surface area (Å²) in [5, 5.41) is 18.9. The SMILES string of the molecule is Cc1ccc(-c2cc(C(=O)NC3(C(=O)O)CCSCC3)n[nH]2)o1. The number of H-pyrrole nitrogens is 1. The molecular formula is C15H17N3O4S. The molecule has 1 fully saturated rings. The average molecular weight is 335 g/mol. The molecule has 3 heterocycles. The number of furan rings is 1. The molecule has 2 aromatic rings. The Morgan fingerprint density at radius 1 is 1.39 bits per heavy atom. The molecule has 23 heavy (non-hydrogen) atoms. The second kappa shape index (κ2) is 6.11. The lowest BCUT2D eigenvalue weighted by Crippen LogP contribution is -2.56. The molecule has 0 atom stereocenters. The van der Waals surface area contributed by atoms with Crippen LogP contribution in [-0.2, 0) is 4.79 Å². The number of nitrogens with one attached hydrogen (secondary N) is 2. The van der Waals surface area contributed by atoms with Gasteiger partial charge in [-0.3, -0.25) is 9.89 Å². The van der Waals surface area contributed by atoms with Gasteiger partial charge < -0.3 is 14.8 Å². The highest BCUT2D eigenvalue weighted by Gasteiger charge is 2.41. The maximum Gasteiger partial charge on any atom is 0.329 e. The molecule has 0 spiro atoms. The lowest BCUT2D eigenvalue weighted by atomic mass is 9.92. The Morgan fingerprint density at radius 2 is 2.13 bits per heavy atom. The molecule has 3 rings (SSSR count). The Morgan fingerprint density at radius 3 is 2.74 bits per heavy atom. The molecule has 0 aliphatic carbocycles. The number of aromatic nitrogens is 2. The summed E-state index contributed by atoms with van der Waals surface area (Å²) in [4.78, 5) is 24.0. The fourth-order valence-electron chi connectivity index (χ4n) is 2.54. The Bertz CT molecular complexity index is 731. The summed E-state index contributed by atoms with van der Waals surface area (Å²) in [5.74, 6) is 1.27. The third kappa shape index (κ3) is 3.12. The van der Waals surface area contributed by atoms with E-state index in [2.05, 4.69) is 15.5 Å². The Balaban J connectivity index is 1.78. The highest BCUT2D eigenvalue weighted by Crippen LogP contribution is 2.28. The largest absolute Gasteiger partial charge is 0.480 e. The number of hydrogen-bond acceptors (Lipinski definition) is 5. The second-order valence-electron chi connectivity index (χ2n) is 5.53. The van der Waals surface area contributed by atoms with Crippen molar-refractivity contribution in [2.45, 2.75) is 25.3 Å². The van der Waals surface area contributed by atoms with Crippen LogP contribution in [0.15, 0.2) is 22.6 Å². The number of aryl methyl sites for hydroxylation is 1. The fourth-order valence-corrected chi connectivity index (χ4v) is 3.73. The van der Waals surface area contributed by atoms with E-state index < -0.39 is 17.4 Å². The van der Waals surface area contributed by atoms with Crippen molar-refractivity contribution in [2.75, 3.05) is 11.5 Å². The van der Waals surface area contributed by atoms with Gasteiger partial charge in [-0.15, -0.1) is 0 Å². The molecule has 1 amide bonds. The summed E-state index contributed by atoms with van der Waals surface area (Å²) in [6, 6.07) is 5.15. The Hall–Kier alpha value is -2.22. The molecule has 0 aromatic carbocycles. The predicted octanol–water partition coefficient (Wildman–Crippen LogP) is 2.06. The summed E-state index contributed by atoms with van der Waals surface area (Å²) in [6.07, 6.45) is 0.820. The number of carboxylic acid groups (broad SMARTS) is 1. The zero-order valence-corrected chi connectivity index (χ0v) is 13.4. The third-order valence-corrected chi connectivity index (χ3v) is 4.91. The molecule has 0 unspecified atom stereocenters. The van der Waals surface area contributed by atoms with Gasteiger partial charge in [-0.1, -0.05) is 0 Å². The first-order valence-electron chi connectivity index (χ1n) is 7.26. The zero-order chi connectivity index (χ0) is 16.4. The number of thioether (sulfide) groups is 1. The maximum atomic E-state index is 12.4.